The maximum Gasteiger partial charge on any atom is 0.326 e. The van der Waals surface area contributed by atoms with E-state index in [4.69, 9.17) is 4.74 Å². The average Bonchev–Trinajstić information content (AvgIpc) is 3.11. The molecule has 1 fully saturated rings. The standard InChI is InChI=1S/C17H20N4O5/c22-14-11-18-16(24)21(14)8-3-7-15(23)26-10-4-9-20-13-6-2-1-5-12(13)19-17(20)25/h1-2,5-6H,3-4,7-11H2,(H,18,24)(H,19,25). The number of carbonyl (C=O) groups is 3. The molecule has 9 heteroatoms. The zero-order chi connectivity index (χ0) is 18.5. The van der Waals surface area contributed by atoms with E-state index in [9.17, 15) is 19.2 Å². The van der Waals surface area contributed by atoms with Gasteiger partial charge in [0.2, 0.25) is 5.91 Å². The van der Waals surface area contributed by atoms with Crippen LogP contribution in [0.5, 0.6) is 0 Å². The molecule has 1 aromatic carbocycles. The number of hydrogen-bond acceptors (Lipinski definition) is 5. The lowest BCUT2D eigenvalue weighted by molar-refractivity contribution is -0.144. The van der Waals surface area contributed by atoms with Crippen molar-refractivity contribution < 1.29 is 19.1 Å². The van der Waals surface area contributed by atoms with Crippen LogP contribution >= 0.6 is 0 Å². The van der Waals surface area contributed by atoms with E-state index in [1.54, 1.807) is 4.57 Å². The molecule has 0 spiro atoms. The summed E-state index contributed by atoms with van der Waals surface area (Å²) < 4.78 is 6.75. The van der Waals surface area contributed by atoms with Crippen molar-refractivity contribution >= 4 is 28.9 Å². The first-order chi connectivity index (χ1) is 12.6. The average molecular weight is 360 g/mol. The number of para-hydroxylation sites is 2. The van der Waals surface area contributed by atoms with Crippen molar-refractivity contribution in [3.05, 3.63) is 34.7 Å². The predicted molar refractivity (Wildman–Crippen MR) is 92.5 cm³/mol. The van der Waals surface area contributed by atoms with Crippen LogP contribution in [0.15, 0.2) is 29.1 Å². The number of ether oxygens (including phenoxy) is 1. The van der Waals surface area contributed by atoms with Gasteiger partial charge in [0.15, 0.2) is 0 Å². The van der Waals surface area contributed by atoms with E-state index in [-0.39, 0.29) is 43.7 Å². The van der Waals surface area contributed by atoms with Crippen molar-refractivity contribution in [2.24, 2.45) is 0 Å². The van der Waals surface area contributed by atoms with E-state index in [0.29, 0.717) is 19.4 Å². The lowest BCUT2D eigenvalue weighted by Gasteiger charge is -2.11. The topological polar surface area (TPSA) is 114 Å². The highest BCUT2D eigenvalue weighted by Gasteiger charge is 2.27. The van der Waals surface area contributed by atoms with Crippen molar-refractivity contribution in [2.75, 3.05) is 19.7 Å². The van der Waals surface area contributed by atoms with E-state index >= 15 is 0 Å². The highest BCUT2D eigenvalue weighted by Crippen LogP contribution is 2.09. The normalized spacial score (nSPS) is 14.1. The van der Waals surface area contributed by atoms with Crippen LogP contribution in [0.1, 0.15) is 19.3 Å². The maximum absolute atomic E-state index is 11.9. The molecule has 0 saturated carbocycles. The number of imidazole rings is 1. The zero-order valence-corrected chi connectivity index (χ0v) is 14.2. The molecule has 1 aliphatic heterocycles. The predicted octanol–water partition coefficient (Wildman–Crippen LogP) is 0.595. The first kappa shape index (κ1) is 17.7. The Morgan fingerprint density at radius 1 is 1.12 bits per heavy atom. The van der Waals surface area contributed by atoms with Gasteiger partial charge in [-0.25, -0.2) is 9.59 Å². The highest BCUT2D eigenvalue weighted by molar-refractivity contribution is 6.01. The Balaban J connectivity index is 1.37. The molecule has 1 saturated heterocycles. The van der Waals surface area contributed by atoms with Crippen molar-refractivity contribution in [2.45, 2.75) is 25.8 Å². The second-order valence-electron chi connectivity index (χ2n) is 5.98. The fraction of sp³-hybridized carbons (Fsp3) is 0.412. The number of hydrogen-bond donors (Lipinski definition) is 2. The molecule has 0 aliphatic carbocycles. The molecular weight excluding hydrogens is 340 g/mol. The fourth-order valence-electron chi connectivity index (χ4n) is 2.87. The van der Waals surface area contributed by atoms with Crippen LogP contribution in [-0.2, 0) is 20.9 Å². The van der Waals surface area contributed by atoms with Gasteiger partial charge in [0, 0.05) is 19.5 Å². The molecular formula is C17H20N4O5. The summed E-state index contributed by atoms with van der Waals surface area (Å²) in [5.41, 5.74) is 1.40. The SMILES string of the molecule is O=C(CCCN1C(=O)CNC1=O)OCCCn1c(=O)[nH]c2ccccc21. The minimum atomic E-state index is -0.424. The van der Waals surface area contributed by atoms with E-state index in [2.05, 4.69) is 10.3 Å². The summed E-state index contributed by atoms with van der Waals surface area (Å²) in [5.74, 6) is -0.670. The molecule has 2 heterocycles. The molecule has 26 heavy (non-hydrogen) atoms. The third kappa shape index (κ3) is 3.93. The molecule has 0 radical (unpaired) electrons. The number of urea groups is 1. The number of fused-ring (bicyclic) bond motifs is 1. The number of esters is 1. The van der Waals surface area contributed by atoms with Gasteiger partial charge in [-0.1, -0.05) is 12.1 Å². The molecule has 2 aromatic rings. The van der Waals surface area contributed by atoms with E-state index in [1.807, 2.05) is 24.3 Å². The van der Waals surface area contributed by atoms with Gasteiger partial charge in [-0.3, -0.25) is 19.1 Å². The molecule has 138 valence electrons. The van der Waals surface area contributed by atoms with E-state index in [1.165, 1.54) is 0 Å². The van der Waals surface area contributed by atoms with Gasteiger partial charge < -0.3 is 15.0 Å². The second-order valence-corrected chi connectivity index (χ2v) is 5.98. The number of carbonyl (C=O) groups excluding carboxylic acids is 3. The number of aromatic amines is 1. The number of benzene rings is 1. The van der Waals surface area contributed by atoms with Gasteiger partial charge in [0.25, 0.3) is 0 Å². The van der Waals surface area contributed by atoms with Crippen molar-refractivity contribution in [3.8, 4) is 0 Å². The van der Waals surface area contributed by atoms with Crippen LogP contribution in [0.3, 0.4) is 0 Å². The highest BCUT2D eigenvalue weighted by atomic mass is 16.5. The number of nitrogens with zero attached hydrogens (tertiary/aromatic N) is 2. The molecule has 0 bridgehead atoms. The summed E-state index contributed by atoms with van der Waals surface area (Å²) in [4.78, 5) is 50.3. The van der Waals surface area contributed by atoms with Crippen LogP contribution in [0, 0.1) is 0 Å². The van der Waals surface area contributed by atoms with Gasteiger partial charge in [-0.05, 0) is 25.0 Å². The molecule has 9 nitrogen and oxygen atoms in total. The van der Waals surface area contributed by atoms with Gasteiger partial charge in [-0.2, -0.15) is 0 Å². The first-order valence-electron chi connectivity index (χ1n) is 8.47. The second kappa shape index (κ2) is 7.85. The Morgan fingerprint density at radius 3 is 2.69 bits per heavy atom. The summed E-state index contributed by atoms with van der Waals surface area (Å²) in [5, 5.41) is 2.42. The summed E-state index contributed by atoms with van der Waals surface area (Å²) >= 11 is 0. The van der Waals surface area contributed by atoms with E-state index in [0.717, 1.165) is 15.9 Å². The Morgan fingerprint density at radius 2 is 1.92 bits per heavy atom. The summed E-state index contributed by atoms with van der Waals surface area (Å²) in [6.07, 6.45) is 1.00. The zero-order valence-electron chi connectivity index (χ0n) is 14.2. The third-order valence-electron chi connectivity index (χ3n) is 4.17. The quantitative estimate of drug-likeness (QED) is 0.406. The van der Waals surface area contributed by atoms with Gasteiger partial charge in [0.05, 0.1) is 24.2 Å². The number of H-pyrrole nitrogens is 1. The number of imide groups is 1. The van der Waals surface area contributed by atoms with Crippen molar-refractivity contribution in [1.82, 2.24) is 19.8 Å². The van der Waals surface area contributed by atoms with Gasteiger partial charge >= 0.3 is 17.7 Å². The molecule has 3 amide bonds. The van der Waals surface area contributed by atoms with Crippen LogP contribution in [-0.4, -0.2) is 52.1 Å². The molecule has 1 aromatic heterocycles. The lowest BCUT2D eigenvalue weighted by atomic mass is 10.3. The molecule has 3 rings (SSSR count). The molecule has 0 unspecified atom stereocenters. The molecule has 0 atom stereocenters. The van der Waals surface area contributed by atoms with Crippen LogP contribution in [0.4, 0.5) is 4.79 Å². The smallest absolute Gasteiger partial charge is 0.326 e. The Labute approximate surface area is 148 Å². The maximum atomic E-state index is 11.9. The van der Waals surface area contributed by atoms with Crippen LogP contribution < -0.4 is 11.0 Å². The van der Waals surface area contributed by atoms with Crippen LogP contribution in [0.2, 0.25) is 0 Å². The number of aromatic nitrogens is 2. The summed E-state index contributed by atoms with van der Waals surface area (Å²) in [7, 11) is 0. The number of amides is 3. The molecule has 1 aliphatic rings. The third-order valence-corrected chi connectivity index (χ3v) is 4.17. The number of rotatable bonds is 8. The lowest BCUT2D eigenvalue weighted by Crippen LogP contribution is -2.32. The van der Waals surface area contributed by atoms with Crippen LogP contribution in [0.25, 0.3) is 11.0 Å². The Bertz CT molecular complexity index is 869. The monoisotopic (exact) mass is 360 g/mol. The fourth-order valence-corrected chi connectivity index (χ4v) is 2.87. The van der Waals surface area contributed by atoms with Crippen molar-refractivity contribution in [3.63, 3.8) is 0 Å². The number of aryl methyl sites for hydroxylation is 1. The Hall–Kier alpha value is -3.10. The summed E-state index contributed by atoms with van der Waals surface area (Å²) in [6.45, 7) is 0.855. The largest absolute Gasteiger partial charge is 0.466 e. The first-order valence-corrected chi connectivity index (χ1v) is 8.47. The van der Waals surface area contributed by atoms with E-state index < -0.39 is 6.03 Å². The molecule has 2 N–H and O–H groups in total. The van der Waals surface area contributed by atoms with Crippen molar-refractivity contribution in [1.29, 1.82) is 0 Å². The Kier molecular flexibility index (Phi) is 5.35. The summed E-state index contributed by atoms with van der Waals surface area (Å²) in [6, 6.07) is 6.97. The minimum absolute atomic E-state index is 0.0104. The number of nitrogens with one attached hydrogen (secondary N) is 2. The minimum Gasteiger partial charge on any atom is -0.466 e. The van der Waals surface area contributed by atoms with Gasteiger partial charge in [-0.15, -0.1) is 0 Å². The van der Waals surface area contributed by atoms with Gasteiger partial charge in [0.1, 0.15) is 0 Å².